The molecule has 0 saturated carbocycles. The first-order valence-electron chi connectivity index (χ1n) is 11.3. The van der Waals surface area contributed by atoms with Crippen LogP contribution in [0.5, 0.6) is 5.75 Å². The summed E-state index contributed by atoms with van der Waals surface area (Å²) >= 11 is 0. The van der Waals surface area contributed by atoms with E-state index < -0.39 is 11.9 Å². The Morgan fingerprint density at radius 2 is 1.94 bits per heavy atom. The van der Waals surface area contributed by atoms with E-state index in [0.717, 1.165) is 16.7 Å². The summed E-state index contributed by atoms with van der Waals surface area (Å²) in [5, 5.41) is 18.9. The average Bonchev–Trinajstić information content (AvgIpc) is 3.35. The number of ether oxygens (including phenoxy) is 1. The van der Waals surface area contributed by atoms with Crippen molar-refractivity contribution in [2.45, 2.75) is 12.5 Å². The number of nitrogens with one attached hydrogen (secondary N) is 2. The Kier molecular flexibility index (Phi) is 6.16. The number of hydrogen-bond acceptors (Lipinski definition) is 6. The first kappa shape index (κ1) is 22.8. The van der Waals surface area contributed by atoms with Gasteiger partial charge in [0.2, 0.25) is 5.82 Å². The Balaban J connectivity index is 1.32. The lowest BCUT2D eigenvalue weighted by molar-refractivity contribution is -0.120. The number of anilines is 1. The van der Waals surface area contributed by atoms with E-state index in [-0.39, 0.29) is 18.3 Å². The summed E-state index contributed by atoms with van der Waals surface area (Å²) < 4.78 is 5.88. The maximum atomic E-state index is 13.2. The highest BCUT2D eigenvalue weighted by Crippen LogP contribution is 2.36. The second kappa shape index (κ2) is 9.72. The fourth-order valence-corrected chi connectivity index (χ4v) is 4.09. The van der Waals surface area contributed by atoms with Crippen LogP contribution in [0.3, 0.4) is 0 Å². The van der Waals surface area contributed by atoms with Crippen molar-refractivity contribution in [3.8, 4) is 22.9 Å². The number of carbonyl (C=O) groups is 2. The van der Waals surface area contributed by atoms with Crippen LogP contribution < -0.4 is 15.0 Å². The van der Waals surface area contributed by atoms with Crippen LogP contribution >= 0.6 is 0 Å². The van der Waals surface area contributed by atoms with Crippen LogP contribution in [-0.2, 0) is 11.2 Å². The van der Waals surface area contributed by atoms with Crippen molar-refractivity contribution in [1.29, 1.82) is 5.26 Å². The first-order chi connectivity index (χ1) is 17.5. The highest BCUT2D eigenvalue weighted by Gasteiger charge is 2.32. The molecule has 2 heterocycles. The Hall–Kier alpha value is -4.97. The molecule has 0 bridgehead atoms. The van der Waals surface area contributed by atoms with Gasteiger partial charge in [-0.3, -0.25) is 14.7 Å². The Bertz CT molecular complexity index is 1470. The van der Waals surface area contributed by atoms with Gasteiger partial charge in [-0.1, -0.05) is 54.6 Å². The summed E-state index contributed by atoms with van der Waals surface area (Å²) in [6.45, 7) is -0.0443. The fraction of sp³-hybridized carbons (Fsp3) is 0.148. The topological polar surface area (TPSA) is 124 Å². The predicted molar refractivity (Wildman–Crippen MR) is 132 cm³/mol. The maximum absolute atomic E-state index is 13.2. The lowest BCUT2D eigenvalue weighted by Crippen LogP contribution is -2.49. The SMILES string of the molecule is CN1C(=O)[C@@H](NC(=O)c2n[nH]c(Cc3ccccc3)n2)COc2ccc(-c3ccccc3C#N)cc21. The van der Waals surface area contributed by atoms with Gasteiger partial charge >= 0.3 is 0 Å². The molecule has 178 valence electrons. The number of hydrogen-bond donors (Lipinski definition) is 2. The van der Waals surface area contributed by atoms with Crippen LogP contribution in [0.2, 0.25) is 0 Å². The summed E-state index contributed by atoms with van der Waals surface area (Å²) in [6.07, 6.45) is 0.502. The van der Waals surface area contributed by atoms with Crippen LogP contribution in [0.1, 0.15) is 27.6 Å². The lowest BCUT2D eigenvalue weighted by Gasteiger charge is -2.20. The number of amides is 2. The molecule has 1 aliphatic rings. The Morgan fingerprint density at radius 3 is 2.75 bits per heavy atom. The average molecular weight is 479 g/mol. The zero-order valence-electron chi connectivity index (χ0n) is 19.4. The smallest absolute Gasteiger partial charge is 0.291 e. The molecule has 2 N–H and O–H groups in total. The van der Waals surface area contributed by atoms with Crippen LogP contribution in [-0.4, -0.2) is 46.7 Å². The number of benzene rings is 3. The van der Waals surface area contributed by atoms with E-state index in [9.17, 15) is 14.9 Å². The van der Waals surface area contributed by atoms with Crippen LogP contribution in [0, 0.1) is 11.3 Å². The van der Waals surface area contributed by atoms with Gasteiger partial charge in [0.15, 0.2) is 0 Å². The van der Waals surface area contributed by atoms with Crippen molar-refractivity contribution in [3.63, 3.8) is 0 Å². The maximum Gasteiger partial charge on any atom is 0.291 e. The standard InChI is InChI=1S/C27H22N6O3/c1-33-22-14-18(20-10-6-5-9-19(20)15-28)11-12-23(22)36-16-21(27(33)35)29-26(34)25-30-24(31-32-25)13-17-7-3-2-4-8-17/h2-12,14,21H,13,16H2,1H3,(H,29,34)(H,30,31,32)/t21-/m0/s1. The number of nitrogens with zero attached hydrogens (tertiary/aromatic N) is 4. The molecule has 4 aromatic rings. The summed E-state index contributed by atoms with van der Waals surface area (Å²) in [4.78, 5) is 31.8. The van der Waals surface area contributed by atoms with E-state index in [1.165, 1.54) is 4.90 Å². The quantitative estimate of drug-likeness (QED) is 0.454. The molecular formula is C27H22N6O3. The van der Waals surface area contributed by atoms with Gasteiger partial charge in [0.05, 0.1) is 17.3 Å². The molecular weight excluding hydrogens is 456 g/mol. The molecule has 9 nitrogen and oxygen atoms in total. The van der Waals surface area contributed by atoms with Gasteiger partial charge in [0.25, 0.3) is 11.8 Å². The minimum absolute atomic E-state index is 0.0443. The molecule has 1 atom stereocenters. The third kappa shape index (κ3) is 4.52. The van der Waals surface area contributed by atoms with Gasteiger partial charge in [-0.2, -0.15) is 5.26 Å². The number of aromatic amines is 1. The second-order valence-corrected chi connectivity index (χ2v) is 8.34. The van der Waals surface area contributed by atoms with E-state index in [4.69, 9.17) is 4.74 Å². The molecule has 9 heteroatoms. The normalized spacial score (nSPS) is 14.8. The van der Waals surface area contributed by atoms with E-state index >= 15 is 0 Å². The number of aromatic nitrogens is 3. The largest absolute Gasteiger partial charge is 0.489 e. The van der Waals surface area contributed by atoms with Crippen molar-refractivity contribution in [3.05, 3.63) is 95.6 Å². The number of rotatable bonds is 5. The predicted octanol–water partition coefficient (Wildman–Crippen LogP) is 3.09. The minimum Gasteiger partial charge on any atom is -0.489 e. The second-order valence-electron chi connectivity index (χ2n) is 8.34. The fourth-order valence-electron chi connectivity index (χ4n) is 4.09. The van der Waals surface area contributed by atoms with Gasteiger partial charge in [-0.15, -0.1) is 5.10 Å². The van der Waals surface area contributed by atoms with E-state index in [1.807, 2.05) is 48.5 Å². The van der Waals surface area contributed by atoms with Crippen LogP contribution in [0.15, 0.2) is 72.8 Å². The molecule has 0 spiro atoms. The van der Waals surface area contributed by atoms with E-state index in [1.54, 1.807) is 31.3 Å². The van der Waals surface area contributed by atoms with Crippen LogP contribution in [0.4, 0.5) is 5.69 Å². The Labute approximate surface area is 207 Å². The molecule has 36 heavy (non-hydrogen) atoms. The Morgan fingerprint density at radius 1 is 1.17 bits per heavy atom. The number of likely N-dealkylation sites (N-methyl/N-ethyl adjacent to an activating group) is 1. The molecule has 5 rings (SSSR count). The summed E-state index contributed by atoms with van der Waals surface area (Å²) in [7, 11) is 1.62. The highest BCUT2D eigenvalue weighted by atomic mass is 16.5. The summed E-state index contributed by atoms with van der Waals surface area (Å²) in [5.74, 6) is 0.0882. The van der Waals surface area contributed by atoms with Gasteiger partial charge < -0.3 is 15.0 Å². The van der Waals surface area contributed by atoms with Crippen molar-refractivity contribution < 1.29 is 14.3 Å². The molecule has 0 fully saturated rings. The number of nitriles is 1. The number of fused-ring (bicyclic) bond motifs is 1. The third-order valence-electron chi connectivity index (χ3n) is 5.97. The molecule has 3 aromatic carbocycles. The summed E-state index contributed by atoms with van der Waals surface area (Å²) in [6, 6.07) is 23.6. The molecule has 0 radical (unpaired) electrons. The monoisotopic (exact) mass is 478 g/mol. The minimum atomic E-state index is -0.930. The van der Waals surface area contributed by atoms with Crippen molar-refractivity contribution in [2.75, 3.05) is 18.6 Å². The van der Waals surface area contributed by atoms with Gasteiger partial charge in [-0.25, -0.2) is 4.98 Å². The van der Waals surface area contributed by atoms with Crippen molar-refractivity contribution in [1.82, 2.24) is 20.5 Å². The highest BCUT2D eigenvalue weighted by molar-refractivity contribution is 6.02. The molecule has 2 amide bonds. The van der Waals surface area contributed by atoms with Crippen molar-refractivity contribution >= 4 is 17.5 Å². The van der Waals surface area contributed by atoms with E-state index in [0.29, 0.717) is 29.2 Å². The molecule has 1 aromatic heterocycles. The van der Waals surface area contributed by atoms with Gasteiger partial charge in [-0.05, 0) is 34.9 Å². The van der Waals surface area contributed by atoms with E-state index in [2.05, 4.69) is 26.6 Å². The molecule has 0 unspecified atom stereocenters. The zero-order chi connectivity index (χ0) is 25.1. The van der Waals surface area contributed by atoms with Crippen molar-refractivity contribution in [2.24, 2.45) is 0 Å². The molecule has 1 aliphatic heterocycles. The molecule has 0 aliphatic carbocycles. The van der Waals surface area contributed by atoms with Gasteiger partial charge in [0, 0.05) is 13.5 Å². The van der Waals surface area contributed by atoms with Crippen LogP contribution in [0.25, 0.3) is 11.1 Å². The first-order valence-corrected chi connectivity index (χ1v) is 11.3. The van der Waals surface area contributed by atoms with Gasteiger partial charge in [0.1, 0.15) is 24.2 Å². The summed E-state index contributed by atoms with van der Waals surface area (Å²) in [5.41, 5.74) is 3.65. The zero-order valence-corrected chi connectivity index (χ0v) is 19.4. The number of carbonyl (C=O) groups excluding carboxylic acids is 2. The number of H-pyrrole nitrogens is 1. The lowest BCUT2D eigenvalue weighted by atomic mass is 9.99. The third-order valence-corrected chi connectivity index (χ3v) is 5.97. The molecule has 0 saturated heterocycles.